The number of anilines is 3. The molecule has 4 rings (SSSR count). The van der Waals surface area contributed by atoms with E-state index in [2.05, 4.69) is 20.6 Å². The van der Waals surface area contributed by atoms with Crippen molar-refractivity contribution >= 4 is 40.2 Å². The Morgan fingerprint density at radius 3 is 2.55 bits per heavy atom. The molecule has 0 aliphatic rings. The number of fused-ring (bicyclic) bond motifs is 1. The SMILES string of the molecule is Cc1ccccc1Nc1nc2ccc(CC(=O)Nc3ccc([C@H](C)CC(=O)O)cc3)cc2[nH]1. The second-order valence-corrected chi connectivity index (χ2v) is 8.22. The van der Waals surface area contributed by atoms with Gasteiger partial charge in [0.2, 0.25) is 11.9 Å². The fourth-order valence-electron chi connectivity index (χ4n) is 3.73. The van der Waals surface area contributed by atoms with E-state index in [0.29, 0.717) is 11.6 Å². The summed E-state index contributed by atoms with van der Waals surface area (Å²) in [6.07, 6.45) is 0.302. The van der Waals surface area contributed by atoms with Crippen LogP contribution in [0.3, 0.4) is 0 Å². The minimum Gasteiger partial charge on any atom is -0.481 e. The van der Waals surface area contributed by atoms with Gasteiger partial charge in [-0.15, -0.1) is 0 Å². The molecular formula is C26H26N4O3. The maximum Gasteiger partial charge on any atom is 0.303 e. The number of aryl methyl sites for hydroxylation is 1. The van der Waals surface area contributed by atoms with Gasteiger partial charge in [0, 0.05) is 11.4 Å². The highest BCUT2D eigenvalue weighted by Gasteiger charge is 2.11. The third-order valence-electron chi connectivity index (χ3n) is 5.55. The summed E-state index contributed by atoms with van der Waals surface area (Å²) in [6, 6.07) is 21.0. The van der Waals surface area contributed by atoms with Crippen LogP contribution < -0.4 is 10.6 Å². The van der Waals surface area contributed by atoms with Crippen molar-refractivity contribution in [2.75, 3.05) is 10.6 Å². The Morgan fingerprint density at radius 2 is 1.82 bits per heavy atom. The van der Waals surface area contributed by atoms with Gasteiger partial charge in [0.1, 0.15) is 0 Å². The third kappa shape index (κ3) is 5.57. The largest absolute Gasteiger partial charge is 0.481 e. The Morgan fingerprint density at radius 1 is 1.06 bits per heavy atom. The third-order valence-corrected chi connectivity index (χ3v) is 5.55. The lowest BCUT2D eigenvalue weighted by Crippen LogP contribution is -2.14. The van der Waals surface area contributed by atoms with Gasteiger partial charge in [0.15, 0.2) is 0 Å². The van der Waals surface area contributed by atoms with Crippen molar-refractivity contribution in [3.63, 3.8) is 0 Å². The number of amides is 1. The van der Waals surface area contributed by atoms with Crippen LogP contribution in [0.5, 0.6) is 0 Å². The number of rotatable bonds is 8. The Bertz CT molecular complexity index is 1290. The molecule has 0 aliphatic carbocycles. The van der Waals surface area contributed by atoms with Crippen LogP contribution in [-0.2, 0) is 16.0 Å². The van der Waals surface area contributed by atoms with E-state index in [1.54, 1.807) is 12.1 Å². The number of carboxylic acids is 1. The first kappa shape index (κ1) is 22.1. The van der Waals surface area contributed by atoms with Gasteiger partial charge in [-0.2, -0.15) is 0 Å². The Kier molecular flexibility index (Phi) is 6.40. The molecule has 7 nitrogen and oxygen atoms in total. The lowest BCUT2D eigenvalue weighted by atomic mass is 9.98. The fraction of sp³-hybridized carbons (Fsp3) is 0.192. The van der Waals surface area contributed by atoms with Crippen molar-refractivity contribution < 1.29 is 14.7 Å². The van der Waals surface area contributed by atoms with Gasteiger partial charge in [-0.3, -0.25) is 9.59 Å². The van der Waals surface area contributed by atoms with Crippen LogP contribution in [0.4, 0.5) is 17.3 Å². The highest BCUT2D eigenvalue weighted by molar-refractivity contribution is 5.93. The van der Waals surface area contributed by atoms with E-state index in [9.17, 15) is 9.59 Å². The molecule has 1 aromatic heterocycles. The van der Waals surface area contributed by atoms with Crippen LogP contribution >= 0.6 is 0 Å². The van der Waals surface area contributed by atoms with Crippen molar-refractivity contribution in [2.45, 2.75) is 32.6 Å². The number of H-pyrrole nitrogens is 1. The first-order valence-electron chi connectivity index (χ1n) is 10.8. The molecule has 1 heterocycles. The normalized spacial score (nSPS) is 11.8. The van der Waals surface area contributed by atoms with Gasteiger partial charge < -0.3 is 20.7 Å². The average Bonchev–Trinajstić information content (AvgIpc) is 3.17. The smallest absolute Gasteiger partial charge is 0.303 e. The molecule has 3 aromatic carbocycles. The number of hydrogen-bond donors (Lipinski definition) is 4. The lowest BCUT2D eigenvalue weighted by molar-refractivity contribution is -0.137. The first-order chi connectivity index (χ1) is 15.9. The molecule has 0 fully saturated rings. The van der Waals surface area contributed by atoms with Crippen molar-refractivity contribution in [1.82, 2.24) is 9.97 Å². The van der Waals surface area contributed by atoms with Crippen molar-refractivity contribution in [3.8, 4) is 0 Å². The summed E-state index contributed by atoms with van der Waals surface area (Å²) < 4.78 is 0. The van der Waals surface area contributed by atoms with E-state index in [1.807, 2.05) is 68.4 Å². The van der Waals surface area contributed by atoms with Crippen LogP contribution in [-0.4, -0.2) is 27.0 Å². The molecule has 168 valence electrons. The maximum absolute atomic E-state index is 12.5. The van der Waals surface area contributed by atoms with Gasteiger partial charge in [0.05, 0.1) is 23.9 Å². The molecule has 4 N–H and O–H groups in total. The monoisotopic (exact) mass is 442 g/mol. The molecule has 0 spiro atoms. The van der Waals surface area contributed by atoms with Gasteiger partial charge in [-0.25, -0.2) is 4.98 Å². The number of imidazole rings is 1. The number of carbonyl (C=O) groups excluding carboxylic acids is 1. The Hall–Kier alpha value is -4.13. The minimum atomic E-state index is -0.827. The number of hydrogen-bond acceptors (Lipinski definition) is 4. The predicted octanol–water partition coefficient (Wildman–Crippen LogP) is 5.37. The van der Waals surface area contributed by atoms with Crippen molar-refractivity contribution in [2.24, 2.45) is 0 Å². The van der Waals surface area contributed by atoms with Crippen LogP contribution in [0.2, 0.25) is 0 Å². The summed E-state index contributed by atoms with van der Waals surface area (Å²) in [6.45, 7) is 3.90. The standard InChI is InChI=1S/C26H26N4O3/c1-16-5-3-4-6-21(16)28-26-29-22-12-7-18(14-23(22)30-26)15-24(31)27-20-10-8-19(9-11-20)17(2)13-25(32)33/h3-12,14,17H,13,15H2,1-2H3,(H,27,31)(H,32,33)(H2,28,29,30)/t17-/m1/s1. The molecule has 1 amide bonds. The number of carbonyl (C=O) groups is 2. The summed E-state index contributed by atoms with van der Waals surface area (Å²) in [5, 5.41) is 15.1. The van der Waals surface area contributed by atoms with Gasteiger partial charge in [-0.05, 0) is 59.9 Å². The van der Waals surface area contributed by atoms with Crippen LogP contribution in [0.25, 0.3) is 11.0 Å². The number of para-hydroxylation sites is 1. The molecule has 4 aromatic rings. The maximum atomic E-state index is 12.5. The summed E-state index contributed by atoms with van der Waals surface area (Å²) in [5.74, 6) is -0.387. The zero-order valence-electron chi connectivity index (χ0n) is 18.6. The molecule has 7 heteroatoms. The minimum absolute atomic E-state index is 0.0734. The molecule has 1 atom stereocenters. The van der Waals surface area contributed by atoms with E-state index in [4.69, 9.17) is 5.11 Å². The van der Waals surface area contributed by atoms with Gasteiger partial charge >= 0.3 is 5.97 Å². The Balaban J connectivity index is 1.39. The van der Waals surface area contributed by atoms with Crippen LogP contribution in [0.15, 0.2) is 66.7 Å². The zero-order chi connectivity index (χ0) is 23.4. The molecular weight excluding hydrogens is 416 g/mol. The first-order valence-corrected chi connectivity index (χ1v) is 10.8. The fourth-order valence-corrected chi connectivity index (χ4v) is 3.73. The number of aliphatic carboxylic acids is 1. The van der Waals surface area contributed by atoms with E-state index in [-0.39, 0.29) is 24.7 Å². The number of nitrogens with zero attached hydrogens (tertiary/aromatic N) is 1. The molecule has 0 unspecified atom stereocenters. The van der Waals surface area contributed by atoms with E-state index in [1.165, 1.54) is 0 Å². The molecule has 0 saturated heterocycles. The average molecular weight is 443 g/mol. The van der Waals surface area contributed by atoms with E-state index < -0.39 is 5.97 Å². The molecule has 0 saturated carbocycles. The predicted molar refractivity (Wildman–Crippen MR) is 130 cm³/mol. The van der Waals surface area contributed by atoms with Gasteiger partial charge in [-0.1, -0.05) is 43.3 Å². The molecule has 0 bridgehead atoms. The molecule has 0 aliphatic heterocycles. The number of aromatic amines is 1. The van der Waals surface area contributed by atoms with Crippen molar-refractivity contribution in [1.29, 1.82) is 0 Å². The molecule has 0 radical (unpaired) electrons. The second kappa shape index (κ2) is 9.56. The second-order valence-electron chi connectivity index (χ2n) is 8.22. The number of nitrogens with one attached hydrogen (secondary N) is 3. The van der Waals surface area contributed by atoms with Crippen LogP contribution in [0, 0.1) is 6.92 Å². The molecule has 33 heavy (non-hydrogen) atoms. The summed E-state index contributed by atoms with van der Waals surface area (Å²) >= 11 is 0. The van der Waals surface area contributed by atoms with E-state index >= 15 is 0 Å². The van der Waals surface area contributed by atoms with Gasteiger partial charge in [0.25, 0.3) is 0 Å². The lowest BCUT2D eigenvalue weighted by Gasteiger charge is -2.11. The highest BCUT2D eigenvalue weighted by Crippen LogP contribution is 2.23. The number of carboxylic acid groups (broad SMARTS) is 1. The topological polar surface area (TPSA) is 107 Å². The van der Waals surface area contributed by atoms with Crippen molar-refractivity contribution in [3.05, 3.63) is 83.4 Å². The van der Waals surface area contributed by atoms with E-state index in [0.717, 1.165) is 33.4 Å². The summed E-state index contributed by atoms with van der Waals surface area (Å²) in [7, 11) is 0. The summed E-state index contributed by atoms with van der Waals surface area (Å²) in [4.78, 5) is 31.3. The number of aromatic nitrogens is 2. The Labute approximate surface area is 191 Å². The van der Waals surface area contributed by atoms with Crippen LogP contribution in [0.1, 0.15) is 36.0 Å². The summed E-state index contributed by atoms with van der Waals surface area (Å²) in [5.41, 5.74) is 6.26. The highest BCUT2D eigenvalue weighted by atomic mass is 16.4. The zero-order valence-corrected chi connectivity index (χ0v) is 18.6. The number of benzene rings is 3. The quantitative estimate of drug-likeness (QED) is 0.293.